The van der Waals surface area contributed by atoms with E-state index in [1.54, 1.807) is 0 Å². The minimum absolute atomic E-state index is 0.627. The predicted molar refractivity (Wildman–Crippen MR) is 185 cm³/mol. The molecule has 46 heavy (non-hydrogen) atoms. The number of aromatic nitrogens is 4. The van der Waals surface area contributed by atoms with Gasteiger partial charge in [0.1, 0.15) is 0 Å². The lowest BCUT2D eigenvalue weighted by Gasteiger charge is -2.09. The van der Waals surface area contributed by atoms with Gasteiger partial charge in [0.05, 0.1) is 16.6 Å². The van der Waals surface area contributed by atoms with Gasteiger partial charge in [-0.2, -0.15) is 0 Å². The minimum atomic E-state index is 0.627. The van der Waals surface area contributed by atoms with Crippen LogP contribution < -0.4 is 0 Å². The molecule has 3 heterocycles. The molecule has 5 nitrogen and oxygen atoms in total. The fraction of sp³-hybridized carbons (Fsp3) is 0. The molecule has 5 heteroatoms. The molecular formula is C41H26N4O. The van der Waals surface area contributed by atoms with Crippen LogP contribution in [0.3, 0.4) is 0 Å². The fourth-order valence-electron chi connectivity index (χ4n) is 6.30. The second kappa shape index (κ2) is 10.7. The van der Waals surface area contributed by atoms with E-state index in [0.29, 0.717) is 17.5 Å². The van der Waals surface area contributed by atoms with Crippen LogP contribution in [0.4, 0.5) is 0 Å². The van der Waals surface area contributed by atoms with E-state index in [1.165, 1.54) is 0 Å². The first-order chi connectivity index (χ1) is 22.8. The summed E-state index contributed by atoms with van der Waals surface area (Å²) in [5.41, 5.74) is 11.0. The van der Waals surface area contributed by atoms with Gasteiger partial charge >= 0.3 is 0 Å². The Kier molecular flexibility index (Phi) is 6.06. The van der Waals surface area contributed by atoms with Gasteiger partial charge in [0.15, 0.2) is 23.1 Å². The summed E-state index contributed by atoms with van der Waals surface area (Å²) in [7, 11) is 0. The van der Waals surface area contributed by atoms with Crippen LogP contribution in [-0.2, 0) is 0 Å². The van der Waals surface area contributed by atoms with Crippen molar-refractivity contribution in [2.45, 2.75) is 0 Å². The zero-order valence-electron chi connectivity index (χ0n) is 24.7. The lowest BCUT2D eigenvalue weighted by molar-refractivity contribution is 0.659. The average molecular weight is 591 g/mol. The molecule has 0 aliphatic carbocycles. The van der Waals surface area contributed by atoms with Crippen molar-refractivity contribution in [3.05, 3.63) is 158 Å². The summed E-state index contributed by atoms with van der Waals surface area (Å²) in [6, 6.07) is 53.8. The molecule has 3 aromatic heterocycles. The van der Waals surface area contributed by atoms with E-state index in [9.17, 15) is 0 Å². The Labute approximate surface area is 265 Å². The van der Waals surface area contributed by atoms with Crippen LogP contribution >= 0.6 is 0 Å². The van der Waals surface area contributed by atoms with Crippen LogP contribution in [0, 0.1) is 0 Å². The molecule has 0 fully saturated rings. The summed E-state index contributed by atoms with van der Waals surface area (Å²) in [5.74, 6) is 1.91. The van der Waals surface area contributed by atoms with E-state index in [4.69, 9.17) is 19.4 Å². The highest BCUT2D eigenvalue weighted by Gasteiger charge is 2.21. The zero-order valence-corrected chi connectivity index (χ0v) is 24.7. The number of oxazole rings is 1. The Morgan fingerprint density at radius 2 is 0.870 bits per heavy atom. The highest BCUT2D eigenvalue weighted by molar-refractivity contribution is 6.08. The second-order valence-corrected chi connectivity index (χ2v) is 11.3. The second-order valence-electron chi connectivity index (χ2n) is 11.3. The maximum absolute atomic E-state index is 6.78. The Hall–Kier alpha value is -6.33. The van der Waals surface area contributed by atoms with Crippen molar-refractivity contribution in [1.82, 2.24) is 19.4 Å². The van der Waals surface area contributed by atoms with Crippen molar-refractivity contribution in [3.8, 4) is 56.4 Å². The van der Waals surface area contributed by atoms with Crippen LogP contribution in [0.5, 0.6) is 0 Å². The highest BCUT2D eigenvalue weighted by Crippen LogP contribution is 2.41. The van der Waals surface area contributed by atoms with Gasteiger partial charge in [-0.25, -0.2) is 15.0 Å². The van der Waals surface area contributed by atoms with Gasteiger partial charge in [-0.15, -0.1) is 0 Å². The Bertz CT molecular complexity index is 2440. The van der Waals surface area contributed by atoms with Gasteiger partial charge in [0, 0.05) is 27.6 Å². The third kappa shape index (κ3) is 4.29. The molecule has 0 unspecified atom stereocenters. The first-order valence-corrected chi connectivity index (χ1v) is 15.3. The Morgan fingerprint density at radius 1 is 0.391 bits per heavy atom. The third-order valence-corrected chi connectivity index (χ3v) is 8.48. The standard InChI is InChI=1S/C41H26N4O/c1-4-13-27(14-5-1)32-20-12-22-35-37(32)46-41-36(33-19-10-11-21-34(33)45(35)41)28-23-25-31(26-24-28)40-43-38(29-15-6-2-7-16-29)42-39(44-40)30-17-8-3-9-18-30/h1-26H. The van der Waals surface area contributed by atoms with Gasteiger partial charge in [-0.05, 0) is 23.3 Å². The summed E-state index contributed by atoms with van der Waals surface area (Å²) in [6.45, 7) is 0. The predicted octanol–water partition coefficient (Wildman–Crippen LogP) is 10.4. The van der Waals surface area contributed by atoms with Crippen molar-refractivity contribution < 1.29 is 4.42 Å². The highest BCUT2D eigenvalue weighted by atomic mass is 16.3. The lowest BCUT2D eigenvalue weighted by atomic mass is 10.0. The van der Waals surface area contributed by atoms with Crippen molar-refractivity contribution in [1.29, 1.82) is 0 Å². The maximum Gasteiger partial charge on any atom is 0.213 e. The normalized spacial score (nSPS) is 11.5. The first kappa shape index (κ1) is 26.1. The van der Waals surface area contributed by atoms with Gasteiger partial charge in [-0.3, -0.25) is 4.40 Å². The molecule has 0 aliphatic rings. The molecule has 9 rings (SSSR count). The smallest absolute Gasteiger partial charge is 0.213 e. The molecule has 0 aliphatic heterocycles. The largest absolute Gasteiger partial charge is 0.437 e. The van der Waals surface area contributed by atoms with Crippen molar-refractivity contribution in [3.63, 3.8) is 0 Å². The van der Waals surface area contributed by atoms with Crippen LogP contribution in [0.1, 0.15) is 0 Å². The molecule has 0 atom stereocenters. The number of nitrogens with zero attached hydrogens (tertiary/aromatic N) is 4. The van der Waals surface area contributed by atoms with Crippen molar-refractivity contribution >= 4 is 27.7 Å². The number of rotatable bonds is 5. The third-order valence-electron chi connectivity index (χ3n) is 8.48. The van der Waals surface area contributed by atoms with Crippen LogP contribution in [0.15, 0.2) is 162 Å². The molecule has 216 valence electrons. The van der Waals surface area contributed by atoms with E-state index < -0.39 is 0 Å². The van der Waals surface area contributed by atoms with Gasteiger partial charge in [0.2, 0.25) is 5.71 Å². The number of benzene rings is 6. The fourth-order valence-corrected chi connectivity index (χ4v) is 6.30. The van der Waals surface area contributed by atoms with Gasteiger partial charge < -0.3 is 4.42 Å². The molecule has 0 amide bonds. The molecule has 0 spiro atoms. The van der Waals surface area contributed by atoms with E-state index in [0.717, 1.165) is 66.7 Å². The summed E-state index contributed by atoms with van der Waals surface area (Å²) < 4.78 is 9.02. The summed E-state index contributed by atoms with van der Waals surface area (Å²) in [5, 5.41) is 1.14. The van der Waals surface area contributed by atoms with Crippen LogP contribution in [-0.4, -0.2) is 19.4 Å². The first-order valence-electron chi connectivity index (χ1n) is 15.3. The summed E-state index contributed by atoms with van der Waals surface area (Å²) in [4.78, 5) is 14.7. The average Bonchev–Trinajstić information content (AvgIpc) is 3.67. The SMILES string of the molecule is c1ccc(-c2nc(-c3ccccc3)nc(-c3ccc(-c4c5ccccc5n5c4oc4c(-c6ccccc6)cccc45)cc3)n2)cc1. The molecule has 0 radical (unpaired) electrons. The van der Waals surface area contributed by atoms with Gasteiger partial charge in [0.25, 0.3) is 0 Å². The van der Waals surface area contributed by atoms with Crippen LogP contribution in [0.2, 0.25) is 0 Å². The topological polar surface area (TPSA) is 56.2 Å². The number of hydrogen-bond acceptors (Lipinski definition) is 4. The maximum atomic E-state index is 6.78. The van der Waals surface area contributed by atoms with Gasteiger partial charge in [-0.1, -0.05) is 146 Å². The Morgan fingerprint density at radius 3 is 1.48 bits per heavy atom. The molecular weight excluding hydrogens is 564 g/mol. The number of para-hydroxylation sites is 2. The summed E-state index contributed by atoms with van der Waals surface area (Å²) in [6.07, 6.45) is 0. The lowest BCUT2D eigenvalue weighted by Crippen LogP contribution is -2.00. The minimum Gasteiger partial charge on any atom is -0.437 e. The van der Waals surface area contributed by atoms with E-state index in [1.807, 2.05) is 66.7 Å². The Balaban J connectivity index is 1.20. The van der Waals surface area contributed by atoms with E-state index in [-0.39, 0.29) is 0 Å². The number of fused-ring (bicyclic) bond motifs is 5. The summed E-state index contributed by atoms with van der Waals surface area (Å²) >= 11 is 0. The van der Waals surface area contributed by atoms with E-state index >= 15 is 0 Å². The molecule has 0 bridgehead atoms. The zero-order chi connectivity index (χ0) is 30.5. The monoisotopic (exact) mass is 590 g/mol. The molecule has 0 N–H and O–H groups in total. The van der Waals surface area contributed by atoms with Crippen molar-refractivity contribution in [2.75, 3.05) is 0 Å². The van der Waals surface area contributed by atoms with Crippen molar-refractivity contribution in [2.24, 2.45) is 0 Å². The molecule has 0 saturated carbocycles. The number of hydrogen-bond donors (Lipinski definition) is 0. The van der Waals surface area contributed by atoms with E-state index in [2.05, 4.69) is 95.4 Å². The van der Waals surface area contributed by atoms with Crippen LogP contribution in [0.25, 0.3) is 84.1 Å². The quantitative estimate of drug-likeness (QED) is 0.200. The molecule has 0 saturated heterocycles. The molecule has 9 aromatic rings. The molecule has 6 aromatic carbocycles.